The zero-order valence-corrected chi connectivity index (χ0v) is 8.49. The van der Waals surface area contributed by atoms with Crippen molar-refractivity contribution in [3.8, 4) is 0 Å². The molecule has 14 heavy (non-hydrogen) atoms. The number of urea groups is 1. The van der Waals surface area contributed by atoms with Gasteiger partial charge in [-0.2, -0.15) is 0 Å². The standard InChI is InChI=1S/C9H18N2O3/c1-9(6-12,7-13)10-8(14)11-4-2-3-5-11/h12-13H,2-7H2,1H3,(H,10,14). The highest BCUT2D eigenvalue weighted by Crippen LogP contribution is 2.09. The molecule has 0 bridgehead atoms. The lowest BCUT2D eigenvalue weighted by Crippen LogP contribution is -2.55. The van der Waals surface area contributed by atoms with Crippen molar-refractivity contribution in [1.82, 2.24) is 10.2 Å². The molecule has 1 aliphatic rings. The summed E-state index contributed by atoms with van der Waals surface area (Å²) in [6.07, 6.45) is 2.06. The zero-order valence-electron chi connectivity index (χ0n) is 8.49. The summed E-state index contributed by atoms with van der Waals surface area (Å²) in [5.41, 5.74) is -0.917. The molecule has 0 atom stereocenters. The second-order valence-corrected chi connectivity index (χ2v) is 4.00. The Morgan fingerprint density at radius 1 is 1.36 bits per heavy atom. The van der Waals surface area contributed by atoms with E-state index in [-0.39, 0.29) is 19.2 Å². The Morgan fingerprint density at radius 3 is 2.29 bits per heavy atom. The SMILES string of the molecule is CC(CO)(CO)NC(=O)N1CCCC1. The first-order chi connectivity index (χ1) is 6.61. The number of nitrogens with one attached hydrogen (secondary N) is 1. The van der Waals surface area contributed by atoms with Crippen LogP contribution in [-0.4, -0.2) is 53.0 Å². The number of rotatable bonds is 3. The highest BCUT2D eigenvalue weighted by molar-refractivity contribution is 5.75. The number of likely N-dealkylation sites (tertiary alicyclic amines) is 1. The van der Waals surface area contributed by atoms with E-state index in [9.17, 15) is 4.79 Å². The Bertz CT molecular complexity index is 198. The van der Waals surface area contributed by atoms with Gasteiger partial charge in [0, 0.05) is 13.1 Å². The predicted molar refractivity (Wildman–Crippen MR) is 51.9 cm³/mol. The molecule has 2 amide bonds. The monoisotopic (exact) mass is 202 g/mol. The van der Waals surface area contributed by atoms with Gasteiger partial charge in [0.2, 0.25) is 0 Å². The van der Waals surface area contributed by atoms with Crippen LogP contribution < -0.4 is 5.32 Å². The van der Waals surface area contributed by atoms with Crippen molar-refractivity contribution >= 4 is 6.03 Å². The summed E-state index contributed by atoms with van der Waals surface area (Å²) in [5, 5.41) is 20.6. The maximum absolute atomic E-state index is 11.6. The molecule has 5 heteroatoms. The van der Waals surface area contributed by atoms with Gasteiger partial charge in [-0.3, -0.25) is 0 Å². The molecular formula is C9H18N2O3. The third-order valence-electron chi connectivity index (χ3n) is 2.50. The largest absolute Gasteiger partial charge is 0.394 e. The first-order valence-corrected chi connectivity index (χ1v) is 4.90. The smallest absolute Gasteiger partial charge is 0.317 e. The van der Waals surface area contributed by atoms with Crippen molar-refractivity contribution in [2.45, 2.75) is 25.3 Å². The summed E-state index contributed by atoms with van der Waals surface area (Å²) in [4.78, 5) is 13.3. The van der Waals surface area contributed by atoms with Crippen LogP contribution >= 0.6 is 0 Å². The van der Waals surface area contributed by atoms with Crippen molar-refractivity contribution in [3.05, 3.63) is 0 Å². The van der Waals surface area contributed by atoms with Crippen molar-refractivity contribution in [3.63, 3.8) is 0 Å². The molecule has 1 rings (SSSR count). The Kier molecular flexibility index (Phi) is 3.71. The predicted octanol–water partition coefficient (Wildman–Crippen LogP) is -0.465. The number of aliphatic hydroxyl groups excluding tert-OH is 2. The third kappa shape index (κ3) is 2.59. The van der Waals surface area contributed by atoms with Crippen LogP contribution in [0, 0.1) is 0 Å². The minimum atomic E-state index is -0.917. The number of aliphatic hydroxyl groups is 2. The number of hydrogen-bond donors (Lipinski definition) is 3. The lowest BCUT2D eigenvalue weighted by Gasteiger charge is -2.29. The van der Waals surface area contributed by atoms with Gasteiger partial charge in [0.05, 0.1) is 18.8 Å². The van der Waals surface area contributed by atoms with Crippen molar-refractivity contribution < 1.29 is 15.0 Å². The van der Waals surface area contributed by atoms with Crippen LogP contribution in [0.5, 0.6) is 0 Å². The molecule has 1 fully saturated rings. The average Bonchev–Trinajstić information content (AvgIpc) is 2.70. The van der Waals surface area contributed by atoms with Gasteiger partial charge in [-0.05, 0) is 19.8 Å². The maximum Gasteiger partial charge on any atom is 0.317 e. The topological polar surface area (TPSA) is 72.8 Å². The number of amides is 2. The molecule has 0 aromatic heterocycles. The summed E-state index contributed by atoms with van der Waals surface area (Å²) >= 11 is 0. The van der Waals surface area contributed by atoms with Crippen molar-refractivity contribution in [1.29, 1.82) is 0 Å². The fraction of sp³-hybridized carbons (Fsp3) is 0.889. The fourth-order valence-electron chi connectivity index (χ4n) is 1.39. The maximum atomic E-state index is 11.6. The van der Waals surface area contributed by atoms with E-state index in [1.54, 1.807) is 11.8 Å². The minimum absolute atomic E-state index is 0.201. The van der Waals surface area contributed by atoms with Crippen LogP contribution in [0.25, 0.3) is 0 Å². The van der Waals surface area contributed by atoms with Crippen LogP contribution in [0.4, 0.5) is 4.79 Å². The number of carbonyl (C=O) groups is 1. The Balaban J connectivity index is 2.45. The van der Waals surface area contributed by atoms with Gasteiger partial charge in [-0.15, -0.1) is 0 Å². The molecule has 0 spiro atoms. The van der Waals surface area contributed by atoms with E-state index in [1.807, 2.05) is 0 Å². The van der Waals surface area contributed by atoms with Crippen molar-refractivity contribution in [2.75, 3.05) is 26.3 Å². The summed E-state index contributed by atoms with van der Waals surface area (Å²) in [7, 11) is 0. The van der Waals surface area contributed by atoms with E-state index in [0.717, 1.165) is 25.9 Å². The van der Waals surface area contributed by atoms with E-state index >= 15 is 0 Å². The first kappa shape index (κ1) is 11.3. The van der Waals surface area contributed by atoms with E-state index in [1.165, 1.54) is 0 Å². The molecule has 0 aromatic rings. The second-order valence-electron chi connectivity index (χ2n) is 4.00. The van der Waals surface area contributed by atoms with E-state index in [4.69, 9.17) is 10.2 Å². The van der Waals surface area contributed by atoms with E-state index in [2.05, 4.69) is 5.32 Å². The van der Waals surface area contributed by atoms with Crippen molar-refractivity contribution in [2.24, 2.45) is 0 Å². The lowest BCUT2D eigenvalue weighted by atomic mass is 10.1. The number of nitrogens with zero attached hydrogens (tertiary/aromatic N) is 1. The van der Waals surface area contributed by atoms with E-state index < -0.39 is 5.54 Å². The minimum Gasteiger partial charge on any atom is -0.394 e. The third-order valence-corrected chi connectivity index (χ3v) is 2.50. The first-order valence-electron chi connectivity index (χ1n) is 4.90. The van der Waals surface area contributed by atoms with Crippen LogP contribution in [0.2, 0.25) is 0 Å². The molecule has 82 valence electrons. The van der Waals surface area contributed by atoms with Gasteiger partial charge in [-0.1, -0.05) is 0 Å². The van der Waals surface area contributed by atoms with E-state index in [0.29, 0.717) is 0 Å². The van der Waals surface area contributed by atoms with Gasteiger partial charge >= 0.3 is 6.03 Å². The average molecular weight is 202 g/mol. The highest BCUT2D eigenvalue weighted by Gasteiger charge is 2.28. The summed E-state index contributed by atoms with van der Waals surface area (Å²) < 4.78 is 0. The van der Waals surface area contributed by atoms with Crippen LogP contribution in [0.15, 0.2) is 0 Å². The summed E-state index contributed by atoms with van der Waals surface area (Å²) in [6, 6.07) is -0.201. The Labute approximate surface area is 83.7 Å². The van der Waals surface area contributed by atoms with Crippen LogP contribution in [0.1, 0.15) is 19.8 Å². The molecule has 0 unspecified atom stereocenters. The van der Waals surface area contributed by atoms with Crippen LogP contribution in [0.3, 0.4) is 0 Å². The zero-order chi connectivity index (χ0) is 10.6. The van der Waals surface area contributed by atoms with Gasteiger partial charge in [0.1, 0.15) is 0 Å². The molecule has 3 N–H and O–H groups in total. The molecule has 0 saturated carbocycles. The Morgan fingerprint density at radius 2 is 1.86 bits per heavy atom. The molecule has 5 nitrogen and oxygen atoms in total. The highest BCUT2D eigenvalue weighted by atomic mass is 16.3. The molecule has 0 aliphatic carbocycles. The molecular weight excluding hydrogens is 184 g/mol. The molecule has 1 aliphatic heterocycles. The van der Waals surface area contributed by atoms with Gasteiger partial charge in [0.25, 0.3) is 0 Å². The fourth-order valence-corrected chi connectivity index (χ4v) is 1.39. The Hall–Kier alpha value is -0.810. The summed E-state index contributed by atoms with van der Waals surface area (Å²) in [6.45, 7) is 2.62. The molecule has 1 saturated heterocycles. The number of hydrogen-bond acceptors (Lipinski definition) is 3. The number of carbonyl (C=O) groups excluding carboxylic acids is 1. The second kappa shape index (κ2) is 4.61. The molecule has 0 aromatic carbocycles. The van der Waals surface area contributed by atoms with Gasteiger partial charge in [-0.25, -0.2) is 4.79 Å². The van der Waals surface area contributed by atoms with Crippen LogP contribution in [-0.2, 0) is 0 Å². The van der Waals surface area contributed by atoms with Gasteiger partial charge < -0.3 is 20.4 Å². The molecule has 0 radical (unpaired) electrons. The summed E-state index contributed by atoms with van der Waals surface area (Å²) in [5.74, 6) is 0. The lowest BCUT2D eigenvalue weighted by molar-refractivity contribution is 0.103. The normalized spacial score (nSPS) is 17.2. The molecule has 1 heterocycles. The quantitative estimate of drug-likeness (QED) is 0.579. The van der Waals surface area contributed by atoms with Gasteiger partial charge in [0.15, 0.2) is 0 Å².